The Labute approximate surface area is 123 Å². The van der Waals surface area contributed by atoms with Crippen LogP contribution in [0.5, 0.6) is 0 Å². The third-order valence-corrected chi connectivity index (χ3v) is 3.95. The molecule has 0 atom stereocenters. The number of nitrogens with zero attached hydrogens (tertiary/aromatic N) is 3. The molecule has 0 radical (unpaired) electrons. The first-order valence-electron chi connectivity index (χ1n) is 6.54. The molecule has 1 fully saturated rings. The Bertz CT molecular complexity index is 463. The van der Waals surface area contributed by atoms with Crippen LogP contribution in [0.4, 0.5) is 5.69 Å². The Balaban J connectivity index is 1.97. The zero-order valence-electron chi connectivity index (χ0n) is 11.2. The summed E-state index contributed by atoms with van der Waals surface area (Å²) in [7, 11) is 2.05. The first kappa shape index (κ1) is 14.3. The van der Waals surface area contributed by atoms with Gasteiger partial charge < -0.3 is 10.2 Å². The molecule has 0 bridgehead atoms. The van der Waals surface area contributed by atoms with E-state index in [4.69, 9.17) is 5.26 Å². The van der Waals surface area contributed by atoms with Gasteiger partial charge in [-0.3, -0.25) is 4.90 Å². The van der Waals surface area contributed by atoms with E-state index < -0.39 is 0 Å². The number of rotatable bonds is 4. The van der Waals surface area contributed by atoms with Crippen LogP contribution in [-0.4, -0.2) is 51.2 Å². The average Bonchev–Trinajstić information content (AvgIpc) is 2.46. The second-order valence-corrected chi connectivity index (χ2v) is 5.70. The van der Waals surface area contributed by atoms with Crippen LogP contribution in [0.3, 0.4) is 0 Å². The second kappa shape index (κ2) is 6.90. The first-order chi connectivity index (χ1) is 9.20. The Morgan fingerprint density at radius 1 is 1.42 bits per heavy atom. The van der Waals surface area contributed by atoms with Gasteiger partial charge in [0.15, 0.2) is 0 Å². The fourth-order valence-corrected chi connectivity index (χ4v) is 2.61. The molecule has 1 heterocycles. The van der Waals surface area contributed by atoms with Gasteiger partial charge in [0.1, 0.15) is 6.07 Å². The van der Waals surface area contributed by atoms with Crippen molar-refractivity contribution >= 4 is 21.6 Å². The van der Waals surface area contributed by atoms with E-state index in [0.29, 0.717) is 0 Å². The van der Waals surface area contributed by atoms with Crippen molar-refractivity contribution in [3.8, 4) is 6.07 Å². The Morgan fingerprint density at radius 2 is 2.16 bits per heavy atom. The van der Waals surface area contributed by atoms with E-state index in [2.05, 4.69) is 37.1 Å². The average molecular weight is 323 g/mol. The maximum atomic E-state index is 9.16. The molecule has 1 aliphatic rings. The zero-order chi connectivity index (χ0) is 13.7. The van der Waals surface area contributed by atoms with Crippen LogP contribution in [0.25, 0.3) is 0 Å². The normalized spacial score (nSPS) is 16.1. The van der Waals surface area contributed by atoms with E-state index in [1.54, 1.807) is 0 Å². The summed E-state index contributed by atoms with van der Waals surface area (Å²) in [4.78, 5) is 4.61. The molecule has 0 amide bonds. The van der Waals surface area contributed by atoms with Gasteiger partial charge in [0.25, 0.3) is 0 Å². The summed E-state index contributed by atoms with van der Waals surface area (Å²) < 4.78 is 1.01. The van der Waals surface area contributed by atoms with E-state index >= 15 is 0 Å². The molecule has 0 saturated carbocycles. The molecule has 1 aromatic rings. The monoisotopic (exact) mass is 322 g/mol. The van der Waals surface area contributed by atoms with E-state index in [0.717, 1.165) is 55.0 Å². The smallest absolute Gasteiger partial charge is 0.101 e. The van der Waals surface area contributed by atoms with Crippen LogP contribution >= 0.6 is 15.9 Å². The third-order valence-electron chi connectivity index (χ3n) is 3.45. The van der Waals surface area contributed by atoms with E-state index in [1.165, 1.54) is 0 Å². The molecule has 0 aliphatic carbocycles. The summed E-state index contributed by atoms with van der Waals surface area (Å²) in [6, 6.07) is 8.04. The molecular formula is C14H19BrN4. The zero-order valence-corrected chi connectivity index (χ0v) is 12.8. The predicted octanol–water partition coefficient (Wildman–Crippen LogP) is 1.66. The van der Waals surface area contributed by atoms with Crippen LogP contribution in [0.2, 0.25) is 0 Å². The highest BCUT2D eigenvalue weighted by molar-refractivity contribution is 9.10. The highest BCUT2D eigenvalue weighted by atomic mass is 79.9. The molecule has 1 aromatic carbocycles. The summed E-state index contributed by atoms with van der Waals surface area (Å²) in [6.07, 6.45) is 0. The van der Waals surface area contributed by atoms with Gasteiger partial charge in [0.2, 0.25) is 0 Å². The molecule has 0 spiro atoms. The number of hydrogen-bond donors (Lipinski definition) is 1. The van der Waals surface area contributed by atoms with Gasteiger partial charge in [0.05, 0.1) is 11.3 Å². The SMILES string of the molecule is CN(CCN1CCNCC1)c1cc(Br)ccc1C#N. The van der Waals surface area contributed by atoms with Crippen molar-refractivity contribution < 1.29 is 0 Å². The first-order valence-corrected chi connectivity index (χ1v) is 7.34. The number of anilines is 1. The number of halogens is 1. The molecule has 1 saturated heterocycles. The number of benzene rings is 1. The number of likely N-dealkylation sites (N-methyl/N-ethyl adjacent to an activating group) is 1. The van der Waals surface area contributed by atoms with Crippen LogP contribution in [-0.2, 0) is 0 Å². The van der Waals surface area contributed by atoms with Crippen LogP contribution in [0.1, 0.15) is 5.56 Å². The standard InChI is InChI=1S/C14H19BrN4/c1-18(8-9-19-6-4-17-5-7-19)14-10-13(15)3-2-12(14)11-16/h2-3,10,17H,4-9H2,1H3. The van der Waals surface area contributed by atoms with Crippen molar-refractivity contribution in [1.29, 1.82) is 5.26 Å². The summed E-state index contributed by atoms with van der Waals surface area (Å²) in [5, 5.41) is 12.5. The van der Waals surface area contributed by atoms with Gasteiger partial charge in [0, 0.05) is 50.8 Å². The van der Waals surface area contributed by atoms with E-state index in [-0.39, 0.29) is 0 Å². The summed E-state index contributed by atoms with van der Waals surface area (Å²) in [5.41, 5.74) is 1.72. The van der Waals surface area contributed by atoms with Crippen molar-refractivity contribution in [1.82, 2.24) is 10.2 Å². The number of hydrogen-bond acceptors (Lipinski definition) is 4. The highest BCUT2D eigenvalue weighted by Crippen LogP contribution is 2.23. The van der Waals surface area contributed by atoms with Crippen molar-refractivity contribution in [2.24, 2.45) is 0 Å². The molecule has 5 heteroatoms. The quantitative estimate of drug-likeness (QED) is 0.915. The molecule has 0 unspecified atom stereocenters. The van der Waals surface area contributed by atoms with Gasteiger partial charge in [-0.15, -0.1) is 0 Å². The lowest BCUT2D eigenvalue weighted by molar-refractivity contribution is 0.246. The molecule has 19 heavy (non-hydrogen) atoms. The number of nitriles is 1. The fourth-order valence-electron chi connectivity index (χ4n) is 2.26. The molecule has 102 valence electrons. The molecule has 2 rings (SSSR count). The lowest BCUT2D eigenvalue weighted by Crippen LogP contribution is -2.46. The lowest BCUT2D eigenvalue weighted by atomic mass is 10.2. The Morgan fingerprint density at radius 3 is 2.84 bits per heavy atom. The van der Waals surface area contributed by atoms with Gasteiger partial charge >= 0.3 is 0 Å². The van der Waals surface area contributed by atoms with Crippen molar-refractivity contribution in [3.63, 3.8) is 0 Å². The van der Waals surface area contributed by atoms with Gasteiger partial charge in [-0.05, 0) is 18.2 Å². The van der Waals surface area contributed by atoms with Gasteiger partial charge in [-0.25, -0.2) is 0 Å². The van der Waals surface area contributed by atoms with Crippen LogP contribution < -0.4 is 10.2 Å². The number of nitrogens with one attached hydrogen (secondary N) is 1. The highest BCUT2D eigenvalue weighted by Gasteiger charge is 2.12. The maximum Gasteiger partial charge on any atom is 0.101 e. The molecule has 1 N–H and O–H groups in total. The predicted molar refractivity (Wildman–Crippen MR) is 81.4 cm³/mol. The minimum atomic E-state index is 0.728. The topological polar surface area (TPSA) is 42.3 Å². The van der Waals surface area contributed by atoms with Gasteiger partial charge in [-0.2, -0.15) is 5.26 Å². The summed E-state index contributed by atoms with van der Waals surface area (Å²) >= 11 is 3.47. The fraction of sp³-hybridized carbons (Fsp3) is 0.500. The molecular weight excluding hydrogens is 304 g/mol. The van der Waals surface area contributed by atoms with Crippen molar-refractivity contribution in [2.75, 3.05) is 51.2 Å². The molecule has 0 aromatic heterocycles. The third kappa shape index (κ3) is 3.93. The Hall–Kier alpha value is -1.09. The largest absolute Gasteiger partial charge is 0.372 e. The molecule has 1 aliphatic heterocycles. The summed E-state index contributed by atoms with van der Waals surface area (Å²) in [6.45, 7) is 6.34. The van der Waals surface area contributed by atoms with Gasteiger partial charge in [-0.1, -0.05) is 15.9 Å². The molecule has 4 nitrogen and oxygen atoms in total. The maximum absolute atomic E-state index is 9.16. The lowest BCUT2D eigenvalue weighted by Gasteiger charge is -2.30. The van der Waals surface area contributed by atoms with Crippen LogP contribution in [0, 0.1) is 11.3 Å². The van der Waals surface area contributed by atoms with E-state index in [9.17, 15) is 0 Å². The minimum absolute atomic E-state index is 0.728. The van der Waals surface area contributed by atoms with Crippen LogP contribution in [0.15, 0.2) is 22.7 Å². The van der Waals surface area contributed by atoms with Crippen molar-refractivity contribution in [2.45, 2.75) is 0 Å². The number of piperazine rings is 1. The Kier molecular flexibility index (Phi) is 5.20. The second-order valence-electron chi connectivity index (χ2n) is 4.79. The van der Waals surface area contributed by atoms with Crippen molar-refractivity contribution in [3.05, 3.63) is 28.2 Å². The summed E-state index contributed by atoms with van der Waals surface area (Å²) in [5.74, 6) is 0. The minimum Gasteiger partial charge on any atom is -0.372 e. The van der Waals surface area contributed by atoms with E-state index in [1.807, 2.05) is 25.2 Å².